The largest absolute Gasteiger partial charge is 0.306 e. The van der Waals surface area contributed by atoms with Gasteiger partial charge in [-0.15, -0.1) is 0 Å². The van der Waals surface area contributed by atoms with Crippen molar-refractivity contribution >= 4 is 10.9 Å². The molecule has 0 spiro atoms. The van der Waals surface area contributed by atoms with E-state index in [-0.39, 0.29) is 5.56 Å². The fraction of sp³-hybridized carbons (Fsp3) is 0.300. The number of aromatic nitrogens is 2. The Kier molecular flexibility index (Phi) is 5.06. The highest BCUT2D eigenvalue weighted by atomic mass is 16.1. The van der Waals surface area contributed by atoms with Gasteiger partial charge in [0, 0.05) is 12.1 Å². The van der Waals surface area contributed by atoms with Crippen molar-refractivity contribution < 1.29 is 0 Å². The minimum atomic E-state index is -0.0962. The molecule has 1 heterocycles. The molecule has 0 aliphatic rings. The Bertz CT molecular complexity index is 885. The van der Waals surface area contributed by atoms with Gasteiger partial charge >= 0.3 is 0 Å². The normalized spacial score (nSPS) is 11.3. The molecule has 3 rings (SSSR count). The number of hydrogen-bond acceptors (Lipinski definition) is 3. The van der Waals surface area contributed by atoms with Gasteiger partial charge in [-0.3, -0.25) is 4.79 Å². The minimum Gasteiger partial charge on any atom is -0.306 e. The molecule has 0 saturated carbocycles. The van der Waals surface area contributed by atoms with Crippen LogP contribution in [0.4, 0.5) is 0 Å². The Labute approximate surface area is 142 Å². The number of benzene rings is 2. The third-order valence-electron chi connectivity index (χ3n) is 4.16. The first-order chi connectivity index (χ1) is 11.7. The zero-order chi connectivity index (χ0) is 16.9. The number of nitrogens with one attached hydrogen (secondary N) is 1. The van der Waals surface area contributed by atoms with E-state index in [9.17, 15) is 4.79 Å². The first-order valence-electron chi connectivity index (χ1n) is 8.44. The lowest BCUT2D eigenvalue weighted by Crippen LogP contribution is -2.18. The predicted molar refractivity (Wildman–Crippen MR) is 99.0 cm³/mol. The Hall–Kier alpha value is -2.46. The SMILES string of the molecule is CCCCN(C)Cc1cccc(-c2nc3ccccc3c(=O)[nH]2)c1. The zero-order valence-electron chi connectivity index (χ0n) is 14.2. The second-order valence-corrected chi connectivity index (χ2v) is 6.22. The minimum absolute atomic E-state index is 0.0962. The number of aromatic amines is 1. The molecular weight excluding hydrogens is 298 g/mol. The summed E-state index contributed by atoms with van der Waals surface area (Å²) < 4.78 is 0. The summed E-state index contributed by atoms with van der Waals surface area (Å²) in [6.45, 7) is 4.19. The maximum absolute atomic E-state index is 12.3. The van der Waals surface area contributed by atoms with Crippen molar-refractivity contribution in [2.75, 3.05) is 13.6 Å². The number of H-pyrrole nitrogens is 1. The van der Waals surface area contributed by atoms with Crippen LogP contribution in [0.15, 0.2) is 53.3 Å². The molecule has 0 atom stereocenters. The van der Waals surface area contributed by atoms with Crippen molar-refractivity contribution in [2.45, 2.75) is 26.3 Å². The van der Waals surface area contributed by atoms with Crippen LogP contribution >= 0.6 is 0 Å². The van der Waals surface area contributed by atoms with Gasteiger partial charge in [-0.2, -0.15) is 0 Å². The van der Waals surface area contributed by atoms with E-state index < -0.39 is 0 Å². The molecule has 0 amide bonds. The molecule has 3 aromatic rings. The van der Waals surface area contributed by atoms with E-state index in [4.69, 9.17) is 0 Å². The van der Waals surface area contributed by atoms with Crippen LogP contribution in [0.3, 0.4) is 0 Å². The Balaban J connectivity index is 1.90. The van der Waals surface area contributed by atoms with Crippen molar-refractivity contribution in [3.8, 4) is 11.4 Å². The standard InChI is InChI=1S/C20H23N3O/c1-3-4-12-23(2)14-15-8-7-9-16(13-15)19-21-18-11-6-5-10-17(18)20(24)22-19/h5-11,13H,3-4,12,14H2,1-2H3,(H,21,22,24). The summed E-state index contributed by atoms with van der Waals surface area (Å²) in [5.41, 5.74) is 2.80. The van der Waals surface area contributed by atoms with Gasteiger partial charge in [0.1, 0.15) is 5.82 Å². The summed E-state index contributed by atoms with van der Waals surface area (Å²) in [6.07, 6.45) is 2.41. The van der Waals surface area contributed by atoms with Crippen LogP contribution in [0, 0.1) is 0 Å². The molecular formula is C20H23N3O. The lowest BCUT2D eigenvalue weighted by molar-refractivity contribution is 0.321. The number of nitrogens with zero attached hydrogens (tertiary/aromatic N) is 2. The monoisotopic (exact) mass is 321 g/mol. The summed E-state index contributed by atoms with van der Waals surface area (Å²) in [5, 5.41) is 0.622. The highest BCUT2D eigenvalue weighted by Gasteiger charge is 2.07. The van der Waals surface area contributed by atoms with E-state index in [2.05, 4.69) is 41.0 Å². The fourth-order valence-corrected chi connectivity index (χ4v) is 2.86. The zero-order valence-corrected chi connectivity index (χ0v) is 14.2. The highest BCUT2D eigenvalue weighted by Crippen LogP contribution is 2.18. The molecule has 124 valence electrons. The average molecular weight is 321 g/mol. The molecule has 0 aliphatic heterocycles. The molecule has 1 N–H and O–H groups in total. The Morgan fingerprint density at radius 2 is 1.96 bits per heavy atom. The predicted octanol–water partition coefficient (Wildman–Crippen LogP) is 3.82. The van der Waals surface area contributed by atoms with E-state index in [1.54, 1.807) is 6.07 Å². The summed E-state index contributed by atoms with van der Waals surface area (Å²) in [5.74, 6) is 0.622. The molecule has 2 aromatic carbocycles. The summed E-state index contributed by atoms with van der Waals surface area (Å²) in [4.78, 5) is 22.1. The van der Waals surface area contributed by atoms with E-state index in [1.807, 2.05) is 30.3 Å². The molecule has 0 aliphatic carbocycles. The fourth-order valence-electron chi connectivity index (χ4n) is 2.86. The van der Waals surface area contributed by atoms with Crippen LogP contribution in [0.5, 0.6) is 0 Å². The van der Waals surface area contributed by atoms with Gasteiger partial charge in [0.2, 0.25) is 0 Å². The van der Waals surface area contributed by atoms with E-state index in [0.29, 0.717) is 11.2 Å². The molecule has 0 bridgehead atoms. The molecule has 0 saturated heterocycles. The van der Waals surface area contributed by atoms with Crippen LogP contribution < -0.4 is 5.56 Å². The van der Waals surface area contributed by atoms with Gasteiger partial charge in [-0.1, -0.05) is 43.7 Å². The molecule has 4 nitrogen and oxygen atoms in total. The summed E-state index contributed by atoms with van der Waals surface area (Å²) in [6, 6.07) is 15.7. The Morgan fingerprint density at radius 3 is 2.79 bits per heavy atom. The van der Waals surface area contributed by atoms with Crippen LogP contribution in [-0.4, -0.2) is 28.5 Å². The van der Waals surface area contributed by atoms with Crippen LogP contribution in [0.25, 0.3) is 22.3 Å². The van der Waals surface area contributed by atoms with Crippen molar-refractivity contribution in [1.82, 2.24) is 14.9 Å². The maximum Gasteiger partial charge on any atom is 0.259 e. The van der Waals surface area contributed by atoms with Crippen molar-refractivity contribution in [3.05, 3.63) is 64.4 Å². The molecule has 1 aromatic heterocycles. The molecule has 24 heavy (non-hydrogen) atoms. The van der Waals surface area contributed by atoms with E-state index >= 15 is 0 Å². The van der Waals surface area contributed by atoms with Gasteiger partial charge in [-0.05, 0) is 43.8 Å². The third-order valence-corrected chi connectivity index (χ3v) is 4.16. The summed E-state index contributed by atoms with van der Waals surface area (Å²) >= 11 is 0. The molecule has 4 heteroatoms. The number of para-hydroxylation sites is 1. The third kappa shape index (κ3) is 3.71. The van der Waals surface area contributed by atoms with Gasteiger partial charge in [0.05, 0.1) is 10.9 Å². The van der Waals surface area contributed by atoms with E-state index in [1.165, 1.54) is 18.4 Å². The number of unbranched alkanes of at least 4 members (excludes halogenated alkanes) is 1. The summed E-state index contributed by atoms with van der Waals surface area (Å²) in [7, 11) is 2.14. The number of hydrogen-bond donors (Lipinski definition) is 1. The topological polar surface area (TPSA) is 49.0 Å². The van der Waals surface area contributed by atoms with Crippen molar-refractivity contribution in [1.29, 1.82) is 0 Å². The van der Waals surface area contributed by atoms with Gasteiger partial charge in [0.25, 0.3) is 5.56 Å². The Morgan fingerprint density at radius 1 is 1.12 bits per heavy atom. The van der Waals surface area contributed by atoms with Gasteiger partial charge in [0.15, 0.2) is 0 Å². The maximum atomic E-state index is 12.3. The van der Waals surface area contributed by atoms with Crippen molar-refractivity contribution in [3.63, 3.8) is 0 Å². The van der Waals surface area contributed by atoms with Crippen LogP contribution in [-0.2, 0) is 6.54 Å². The highest BCUT2D eigenvalue weighted by molar-refractivity contribution is 5.79. The number of fused-ring (bicyclic) bond motifs is 1. The van der Waals surface area contributed by atoms with Gasteiger partial charge < -0.3 is 9.88 Å². The molecule has 0 radical (unpaired) electrons. The molecule has 0 unspecified atom stereocenters. The first-order valence-corrected chi connectivity index (χ1v) is 8.44. The lowest BCUT2D eigenvalue weighted by atomic mass is 10.1. The lowest BCUT2D eigenvalue weighted by Gasteiger charge is -2.16. The van der Waals surface area contributed by atoms with E-state index in [0.717, 1.165) is 24.2 Å². The smallest absolute Gasteiger partial charge is 0.259 e. The molecule has 0 fully saturated rings. The van der Waals surface area contributed by atoms with Crippen LogP contribution in [0.2, 0.25) is 0 Å². The quantitative estimate of drug-likeness (QED) is 0.751. The van der Waals surface area contributed by atoms with Gasteiger partial charge in [-0.25, -0.2) is 4.98 Å². The van der Waals surface area contributed by atoms with Crippen LogP contribution in [0.1, 0.15) is 25.3 Å². The second kappa shape index (κ2) is 7.41. The second-order valence-electron chi connectivity index (χ2n) is 6.22. The van der Waals surface area contributed by atoms with Crippen molar-refractivity contribution in [2.24, 2.45) is 0 Å². The average Bonchev–Trinajstić information content (AvgIpc) is 2.60. The first kappa shape index (κ1) is 16.4. The number of rotatable bonds is 6.